The Morgan fingerprint density at radius 2 is 1.93 bits per heavy atom. The summed E-state index contributed by atoms with van der Waals surface area (Å²) < 4.78 is 11.9. The molecule has 1 aromatic carbocycles. The standard InChI is InChI=1S/C22H31NO4/c1-21(2,3)20(25)23-10-8-15(9-11-23)14-26-16-6-7-17-18(24)13-22(4,5)27-19(17)12-16/h6-7,12,15H,8-11,13-14H2,1-5H3. The van der Waals surface area contributed by atoms with Crippen molar-refractivity contribution >= 4 is 11.7 Å². The number of ether oxygens (including phenoxy) is 2. The number of rotatable bonds is 3. The van der Waals surface area contributed by atoms with Gasteiger partial charge in [0.05, 0.1) is 18.6 Å². The van der Waals surface area contributed by atoms with Crippen LogP contribution in [-0.2, 0) is 4.79 Å². The van der Waals surface area contributed by atoms with Crippen molar-refractivity contribution in [2.45, 2.75) is 59.5 Å². The van der Waals surface area contributed by atoms with Crippen LogP contribution in [0.5, 0.6) is 11.5 Å². The smallest absolute Gasteiger partial charge is 0.227 e. The van der Waals surface area contributed by atoms with Gasteiger partial charge in [0.25, 0.3) is 0 Å². The molecule has 0 N–H and O–H groups in total. The first-order chi connectivity index (χ1) is 12.5. The number of piperidine rings is 1. The zero-order valence-corrected chi connectivity index (χ0v) is 17.1. The molecule has 0 aromatic heterocycles. The lowest BCUT2D eigenvalue weighted by molar-refractivity contribution is -0.141. The van der Waals surface area contributed by atoms with Gasteiger partial charge in [-0.15, -0.1) is 0 Å². The van der Waals surface area contributed by atoms with E-state index in [2.05, 4.69) is 0 Å². The van der Waals surface area contributed by atoms with Crippen molar-refractivity contribution in [2.24, 2.45) is 11.3 Å². The monoisotopic (exact) mass is 373 g/mol. The van der Waals surface area contributed by atoms with Crippen molar-refractivity contribution in [1.82, 2.24) is 4.90 Å². The number of hydrogen-bond acceptors (Lipinski definition) is 4. The first-order valence-corrected chi connectivity index (χ1v) is 9.84. The molecule has 0 saturated carbocycles. The van der Waals surface area contributed by atoms with Crippen LogP contribution >= 0.6 is 0 Å². The molecule has 0 aliphatic carbocycles. The van der Waals surface area contributed by atoms with E-state index in [1.165, 1.54) is 0 Å². The molecule has 0 spiro atoms. The van der Waals surface area contributed by atoms with Gasteiger partial charge in [-0.05, 0) is 44.7 Å². The highest BCUT2D eigenvalue weighted by molar-refractivity contribution is 6.00. The number of fused-ring (bicyclic) bond motifs is 1. The van der Waals surface area contributed by atoms with E-state index < -0.39 is 5.60 Å². The predicted molar refractivity (Wildman–Crippen MR) is 104 cm³/mol. The number of carbonyl (C=O) groups excluding carboxylic acids is 2. The number of nitrogens with zero attached hydrogens (tertiary/aromatic N) is 1. The second kappa shape index (κ2) is 7.17. The Labute approximate surface area is 162 Å². The van der Waals surface area contributed by atoms with Crippen LogP contribution in [0.3, 0.4) is 0 Å². The summed E-state index contributed by atoms with van der Waals surface area (Å²) in [5, 5.41) is 0. The maximum atomic E-state index is 12.4. The summed E-state index contributed by atoms with van der Waals surface area (Å²) in [4.78, 5) is 26.6. The van der Waals surface area contributed by atoms with Crippen molar-refractivity contribution in [2.75, 3.05) is 19.7 Å². The third-order valence-electron chi connectivity index (χ3n) is 5.26. The number of ketones is 1. The molecule has 5 nitrogen and oxygen atoms in total. The largest absolute Gasteiger partial charge is 0.493 e. The van der Waals surface area contributed by atoms with E-state index in [0.717, 1.165) is 31.7 Å². The summed E-state index contributed by atoms with van der Waals surface area (Å²) in [6, 6.07) is 5.47. The minimum absolute atomic E-state index is 0.115. The van der Waals surface area contributed by atoms with Crippen LogP contribution in [0, 0.1) is 11.3 Å². The van der Waals surface area contributed by atoms with Crippen LogP contribution in [0.2, 0.25) is 0 Å². The molecule has 1 fully saturated rings. The van der Waals surface area contributed by atoms with Gasteiger partial charge in [0.1, 0.15) is 17.1 Å². The van der Waals surface area contributed by atoms with Crippen molar-refractivity contribution in [3.63, 3.8) is 0 Å². The van der Waals surface area contributed by atoms with E-state index in [9.17, 15) is 9.59 Å². The number of hydrogen-bond donors (Lipinski definition) is 0. The van der Waals surface area contributed by atoms with Crippen molar-refractivity contribution in [3.05, 3.63) is 23.8 Å². The molecule has 0 radical (unpaired) electrons. The summed E-state index contributed by atoms with van der Waals surface area (Å²) in [6.45, 7) is 12.0. The zero-order valence-electron chi connectivity index (χ0n) is 17.1. The van der Waals surface area contributed by atoms with Crippen molar-refractivity contribution in [1.29, 1.82) is 0 Å². The fourth-order valence-electron chi connectivity index (χ4n) is 3.71. The molecule has 5 heteroatoms. The van der Waals surface area contributed by atoms with Gasteiger partial charge in [0, 0.05) is 24.6 Å². The summed E-state index contributed by atoms with van der Waals surface area (Å²) in [6.07, 6.45) is 2.30. The molecule has 148 valence electrons. The molecule has 0 atom stereocenters. The van der Waals surface area contributed by atoms with Gasteiger partial charge >= 0.3 is 0 Å². The molecule has 2 aliphatic rings. The average Bonchev–Trinajstić information content (AvgIpc) is 2.57. The minimum atomic E-state index is -0.477. The summed E-state index contributed by atoms with van der Waals surface area (Å²) in [5.74, 6) is 2.11. The van der Waals surface area contributed by atoms with Gasteiger partial charge in [0.15, 0.2) is 5.78 Å². The average molecular weight is 373 g/mol. The summed E-state index contributed by atoms with van der Waals surface area (Å²) in [5.41, 5.74) is -0.164. The van der Waals surface area contributed by atoms with E-state index in [1.807, 2.05) is 51.7 Å². The normalized spacial score (nSPS) is 20.0. The van der Waals surface area contributed by atoms with E-state index in [-0.39, 0.29) is 17.1 Å². The van der Waals surface area contributed by atoms with Gasteiger partial charge in [-0.1, -0.05) is 20.8 Å². The molecule has 0 unspecified atom stereocenters. The summed E-state index contributed by atoms with van der Waals surface area (Å²) in [7, 11) is 0. The van der Waals surface area contributed by atoms with Gasteiger partial charge < -0.3 is 14.4 Å². The quantitative estimate of drug-likeness (QED) is 0.801. The Morgan fingerprint density at radius 3 is 2.56 bits per heavy atom. The van der Waals surface area contributed by atoms with E-state index in [0.29, 0.717) is 30.3 Å². The van der Waals surface area contributed by atoms with E-state index in [4.69, 9.17) is 9.47 Å². The van der Waals surface area contributed by atoms with Gasteiger partial charge in [-0.3, -0.25) is 9.59 Å². The highest BCUT2D eigenvalue weighted by atomic mass is 16.5. The molecular weight excluding hydrogens is 342 g/mol. The summed E-state index contributed by atoms with van der Waals surface area (Å²) >= 11 is 0. The van der Waals surface area contributed by atoms with Crippen LogP contribution in [0.4, 0.5) is 0 Å². The number of carbonyl (C=O) groups is 2. The molecule has 1 aromatic rings. The van der Waals surface area contributed by atoms with Gasteiger partial charge in [-0.2, -0.15) is 0 Å². The molecule has 2 aliphatic heterocycles. The third-order valence-corrected chi connectivity index (χ3v) is 5.26. The predicted octanol–water partition coefficient (Wildman–Crippen LogP) is 4.09. The molecule has 1 amide bonds. The van der Waals surface area contributed by atoms with E-state index >= 15 is 0 Å². The topological polar surface area (TPSA) is 55.8 Å². The van der Waals surface area contributed by atoms with Crippen LogP contribution in [-0.4, -0.2) is 41.9 Å². The number of likely N-dealkylation sites (tertiary alicyclic amines) is 1. The van der Waals surface area contributed by atoms with Crippen molar-refractivity contribution < 1.29 is 19.1 Å². The number of amides is 1. The highest BCUT2D eigenvalue weighted by Crippen LogP contribution is 2.35. The maximum Gasteiger partial charge on any atom is 0.227 e. The molecule has 2 heterocycles. The van der Waals surface area contributed by atoms with Gasteiger partial charge in [-0.25, -0.2) is 0 Å². The maximum absolute atomic E-state index is 12.4. The zero-order chi connectivity index (χ0) is 19.8. The first-order valence-electron chi connectivity index (χ1n) is 9.84. The first kappa shape index (κ1) is 19.7. The lowest BCUT2D eigenvalue weighted by Gasteiger charge is -2.35. The van der Waals surface area contributed by atoms with E-state index in [1.54, 1.807) is 6.07 Å². The Hall–Kier alpha value is -2.04. The van der Waals surface area contributed by atoms with Crippen LogP contribution < -0.4 is 9.47 Å². The Kier molecular flexibility index (Phi) is 5.24. The van der Waals surface area contributed by atoms with Crippen LogP contribution in [0.1, 0.15) is 64.2 Å². The molecule has 27 heavy (non-hydrogen) atoms. The second-order valence-corrected chi connectivity index (χ2v) is 9.42. The second-order valence-electron chi connectivity index (χ2n) is 9.42. The molecule has 1 saturated heterocycles. The molecular formula is C22H31NO4. The fraction of sp³-hybridized carbons (Fsp3) is 0.636. The lowest BCUT2D eigenvalue weighted by Crippen LogP contribution is -2.44. The van der Waals surface area contributed by atoms with Crippen LogP contribution in [0.25, 0.3) is 0 Å². The van der Waals surface area contributed by atoms with Gasteiger partial charge in [0.2, 0.25) is 5.91 Å². The minimum Gasteiger partial charge on any atom is -0.493 e. The lowest BCUT2D eigenvalue weighted by atomic mass is 9.91. The fourth-order valence-corrected chi connectivity index (χ4v) is 3.71. The molecule has 3 rings (SSSR count). The SMILES string of the molecule is CC1(C)CC(=O)c2ccc(OCC3CCN(C(=O)C(C)(C)C)CC3)cc2O1. The highest BCUT2D eigenvalue weighted by Gasteiger charge is 2.33. The Balaban J connectivity index is 1.55. The Morgan fingerprint density at radius 1 is 1.26 bits per heavy atom. The third kappa shape index (κ3) is 4.63. The Bertz CT molecular complexity index is 724. The number of benzene rings is 1. The van der Waals surface area contributed by atoms with Crippen LogP contribution in [0.15, 0.2) is 18.2 Å². The number of Topliss-reactive ketones (excluding diaryl/α,β-unsaturated/α-hetero) is 1. The molecule has 0 bridgehead atoms. The van der Waals surface area contributed by atoms with Crippen molar-refractivity contribution in [3.8, 4) is 11.5 Å².